The van der Waals surface area contributed by atoms with E-state index in [0.29, 0.717) is 11.7 Å². The molecule has 0 heterocycles. The maximum absolute atomic E-state index is 12.3. The highest BCUT2D eigenvalue weighted by Gasteiger charge is 2.31. The summed E-state index contributed by atoms with van der Waals surface area (Å²) in [6.07, 6.45) is 4.11. The summed E-state index contributed by atoms with van der Waals surface area (Å²) in [5.74, 6) is 0.930. The van der Waals surface area contributed by atoms with Gasteiger partial charge in [0, 0.05) is 12.0 Å². The first-order valence-corrected chi connectivity index (χ1v) is 7.83. The summed E-state index contributed by atoms with van der Waals surface area (Å²) in [6.45, 7) is 0. The highest BCUT2D eigenvalue weighted by molar-refractivity contribution is 6.10. The molecule has 2 aliphatic carbocycles. The molecule has 0 unspecified atom stereocenters. The van der Waals surface area contributed by atoms with Crippen LogP contribution in [0.25, 0.3) is 21.5 Å². The molecule has 0 N–H and O–H groups in total. The van der Waals surface area contributed by atoms with E-state index in [0.717, 1.165) is 24.8 Å². The summed E-state index contributed by atoms with van der Waals surface area (Å²) >= 11 is 0. The molecule has 0 radical (unpaired) electrons. The van der Waals surface area contributed by atoms with Crippen molar-refractivity contribution in [1.82, 2.24) is 0 Å². The Morgan fingerprint density at radius 1 is 0.905 bits per heavy atom. The Bertz CT molecular complexity index is 920. The molecule has 2 aliphatic rings. The third kappa shape index (κ3) is 1.44. The number of Topliss-reactive ketones (excluding diaryl/α,β-unsaturated/α-hetero) is 1. The number of hydrogen-bond acceptors (Lipinski definition) is 1. The molecule has 0 spiro atoms. The SMILES string of the molecule is O=C1CC[C@H]2CCc3c4ccccc4cc4ccc1c2c34. The lowest BCUT2D eigenvalue weighted by atomic mass is 9.71. The molecule has 1 nitrogen and oxygen atoms in total. The zero-order chi connectivity index (χ0) is 14.0. The van der Waals surface area contributed by atoms with Gasteiger partial charge in [-0.2, -0.15) is 0 Å². The molecule has 102 valence electrons. The fourth-order valence-corrected chi connectivity index (χ4v) is 4.41. The summed E-state index contributed by atoms with van der Waals surface area (Å²) in [4.78, 5) is 12.3. The number of benzene rings is 3. The van der Waals surface area contributed by atoms with E-state index in [2.05, 4.69) is 42.5 Å². The van der Waals surface area contributed by atoms with Gasteiger partial charge in [-0.1, -0.05) is 36.4 Å². The van der Waals surface area contributed by atoms with Gasteiger partial charge in [0.15, 0.2) is 5.78 Å². The minimum absolute atomic E-state index is 0.337. The minimum Gasteiger partial charge on any atom is -0.294 e. The molecule has 21 heavy (non-hydrogen) atoms. The van der Waals surface area contributed by atoms with Gasteiger partial charge >= 0.3 is 0 Å². The Kier molecular flexibility index (Phi) is 2.16. The van der Waals surface area contributed by atoms with Gasteiger partial charge in [0.1, 0.15) is 0 Å². The van der Waals surface area contributed by atoms with Crippen LogP contribution in [0.2, 0.25) is 0 Å². The van der Waals surface area contributed by atoms with Crippen LogP contribution in [-0.4, -0.2) is 5.78 Å². The van der Waals surface area contributed by atoms with Crippen LogP contribution in [0.4, 0.5) is 0 Å². The quantitative estimate of drug-likeness (QED) is 0.526. The molecule has 0 aromatic heterocycles. The highest BCUT2D eigenvalue weighted by atomic mass is 16.1. The van der Waals surface area contributed by atoms with Crippen molar-refractivity contribution >= 4 is 27.3 Å². The zero-order valence-corrected chi connectivity index (χ0v) is 11.9. The third-order valence-electron chi connectivity index (χ3n) is 5.35. The summed E-state index contributed by atoms with van der Waals surface area (Å²) in [5, 5.41) is 5.38. The Labute approximate surface area is 123 Å². The maximum atomic E-state index is 12.3. The summed E-state index contributed by atoms with van der Waals surface area (Å²) in [5.41, 5.74) is 3.82. The second-order valence-corrected chi connectivity index (χ2v) is 6.40. The molecule has 3 aromatic rings. The molecule has 0 fully saturated rings. The van der Waals surface area contributed by atoms with Crippen molar-refractivity contribution in [2.75, 3.05) is 0 Å². The first-order valence-electron chi connectivity index (χ1n) is 7.83. The molecule has 1 atom stereocenters. The monoisotopic (exact) mass is 272 g/mol. The second kappa shape index (κ2) is 3.94. The molecule has 0 bridgehead atoms. The van der Waals surface area contributed by atoms with Crippen LogP contribution in [0.3, 0.4) is 0 Å². The minimum atomic E-state index is 0.337. The summed E-state index contributed by atoms with van der Waals surface area (Å²) in [6, 6.07) is 15.2. The molecule has 5 rings (SSSR count). The second-order valence-electron chi connectivity index (χ2n) is 6.40. The third-order valence-corrected chi connectivity index (χ3v) is 5.35. The summed E-state index contributed by atoms with van der Waals surface area (Å²) in [7, 11) is 0. The molecule has 3 aromatic carbocycles. The number of hydrogen-bond donors (Lipinski definition) is 0. The Hall–Kier alpha value is -2.15. The van der Waals surface area contributed by atoms with Crippen LogP contribution in [0.5, 0.6) is 0 Å². The normalized spacial score (nSPS) is 20.2. The predicted octanol–water partition coefficient (Wildman–Crippen LogP) is 5.00. The molecular weight excluding hydrogens is 256 g/mol. The number of rotatable bonds is 0. The van der Waals surface area contributed by atoms with Gasteiger partial charge < -0.3 is 0 Å². The highest BCUT2D eigenvalue weighted by Crippen LogP contribution is 2.46. The lowest BCUT2D eigenvalue weighted by Gasteiger charge is -2.32. The van der Waals surface area contributed by atoms with Gasteiger partial charge in [-0.3, -0.25) is 4.79 Å². The lowest BCUT2D eigenvalue weighted by molar-refractivity contribution is 0.0966. The summed E-state index contributed by atoms with van der Waals surface area (Å²) < 4.78 is 0. The van der Waals surface area contributed by atoms with E-state index in [1.807, 2.05) is 0 Å². The Morgan fingerprint density at radius 2 is 1.76 bits per heavy atom. The van der Waals surface area contributed by atoms with E-state index >= 15 is 0 Å². The average molecular weight is 272 g/mol. The molecule has 1 heteroatoms. The number of carbonyl (C=O) groups is 1. The van der Waals surface area contributed by atoms with Crippen LogP contribution >= 0.6 is 0 Å². The van der Waals surface area contributed by atoms with Gasteiger partial charge in [-0.15, -0.1) is 0 Å². The smallest absolute Gasteiger partial charge is 0.163 e. The standard InChI is InChI=1S/C20H16O/c21-18-10-7-12-5-8-16-15-4-2-1-3-13(15)11-14-6-9-17(18)19(12)20(14)16/h1-4,6,9,11-12H,5,7-8,10H2/t12-/m1/s1. The zero-order valence-electron chi connectivity index (χ0n) is 11.9. The molecule has 0 amide bonds. The van der Waals surface area contributed by atoms with E-state index in [9.17, 15) is 4.79 Å². The van der Waals surface area contributed by atoms with Crippen LogP contribution < -0.4 is 0 Å². The average Bonchev–Trinajstić information content (AvgIpc) is 2.53. The molecule has 0 saturated carbocycles. The van der Waals surface area contributed by atoms with Crippen molar-refractivity contribution < 1.29 is 4.79 Å². The first kappa shape index (κ1) is 11.5. The van der Waals surface area contributed by atoms with Crippen molar-refractivity contribution in [3.8, 4) is 0 Å². The van der Waals surface area contributed by atoms with Crippen molar-refractivity contribution in [3.05, 3.63) is 59.2 Å². The fourth-order valence-electron chi connectivity index (χ4n) is 4.41. The molecule has 0 aliphatic heterocycles. The number of ketones is 1. The van der Waals surface area contributed by atoms with Crippen molar-refractivity contribution in [2.45, 2.75) is 31.6 Å². The number of aryl methyl sites for hydroxylation is 1. The number of carbonyl (C=O) groups excluding carboxylic acids is 1. The molecular formula is C20H16O. The van der Waals surface area contributed by atoms with Gasteiger partial charge in [-0.05, 0) is 63.9 Å². The topological polar surface area (TPSA) is 17.1 Å². The van der Waals surface area contributed by atoms with Crippen LogP contribution in [0.1, 0.15) is 46.7 Å². The first-order chi connectivity index (χ1) is 10.3. The number of fused-ring (bicyclic) bond motifs is 2. The van der Waals surface area contributed by atoms with Crippen molar-refractivity contribution in [3.63, 3.8) is 0 Å². The van der Waals surface area contributed by atoms with Crippen LogP contribution in [-0.2, 0) is 6.42 Å². The van der Waals surface area contributed by atoms with Crippen molar-refractivity contribution in [1.29, 1.82) is 0 Å². The Balaban J connectivity index is 2.02. The van der Waals surface area contributed by atoms with E-state index in [1.165, 1.54) is 39.1 Å². The van der Waals surface area contributed by atoms with Gasteiger partial charge in [0.05, 0.1) is 0 Å². The maximum Gasteiger partial charge on any atom is 0.163 e. The van der Waals surface area contributed by atoms with Gasteiger partial charge in [0.25, 0.3) is 0 Å². The fraction of sp³-hybridized carbons (Fsp3) is 0.250. The van der Waals surface area contributed by atoms with Crippen LogP contribution in [0, 0.1) is 0 Å². The van der Waals surface area contributed by atoms with Crippen LogP contribution in [0.15, 0.2) is 42.5 Å². The largest absolute Gasteiger partial charge is 0.294 e. The molecule has 0 saturated heterocycles. The van der Waals surface area contributed by atoms with E-state index in [1.54, 1.807) is 0 Å². The lowest BCUT2D eigenvalue weighted by Crippen LogP contribution is -2.20. The van der Waals surface area contributed by atoms with E-state index in [-0.39, 0.29) is 0 Å². The van der Waals surface area contributed by atoms with E-state index < -0.39 is 0 Å². The van der Waals surface area contributed by atoms with Crippen molar-refractivity contribution in [2.24, 2.45) is 0 Å². The predicted molar refractivity (Wildman–Crippen MR) is 86.1 cm³/mol. The Morgan fingerprint density at radius 3 is 2.71 bits per heavy atom. The van der Waals surface area contributed by atoms with Gasteiger partial charge in [-0.25, -0.2) is 0 Å². The van der Waals surface area contributed by atoms with Gasteiger partial charge in [0.2, 0.25) is 0 Å². The van der Waals surface area contributed by atoms with E-state index in [4.69, 9.17) is 0 Å².